The van der Waals surface area contributed by atoms with Crippen molar-refractivity contribution in [3.05, 3.63) is 18.2 Å². The number of nitrogens with two attached hydrogens (primary N) is 2. The van der Waals surface area contributed by atoms with Gasteiger partial charge in [-0.15, -0.1) is 12.4 Å². The standard InChI is InChI=1S/C11H14N6O.ClH/c12-8-7(14-5-6-15-8)9-16-10(17-18-9)11(13)3-1-2-4-11;/h5-6H,1-4,13H2,(H2,12,15);1H. The maximum atomic E-state index is 6.26. The highest BCUT2D eigenvalue weighted by Crippen LogP contribution is 2.35. The van der Waals surface area contributed by atoms with E-state index in [4.69, 9.17) is 16.0 Å². The van der Waals surface area contributed by atoms with Crippen LogP contribution in [0.15, 0.2) is 16.9 Å². The molecule has 7 nitrogen and oxygen atoms in total. The monoisotopic (exact) mass is 282 g/mol. The van der Waals surface area contributed by atoms with E-state index in [-0.39, 0.29) is 24.1 Å². The molecule has 2 aromatic rings. The number of nitrogens with zero attached hydrogens (tertiary/aromatic N) is 4. The molecule has 1 saturated carbocycles. The summed E-state index contributed by atoms with van der Waals surface area (Å²) in [5, 5.41) is 3.95. The van der Waals surface area contributed by atoms with Crippen molar-refractivity contribution in [1.82, 2.24) is 20.1 Å². The molecule has 2 aromatic heterocycles. The molecule has 102 valence electrons. The first-order valence-electron chi connectivity index (χ1n) is 5.89. The minimum Gasteiger partial charge on any atom is -0.382 e. The molecule has 8 heteroatoms. The molecule has 0 saturated heterocycles. The van der Waals surface area contributed by atoms with Gasteiger partial charge < -0.3 is 16.0 Å². The summed E-state index contributed by atoms with van der Waals surface area (Å²) in [6.45, 7) is 0. The zero-order chi connectivity index (χ0) is 12.6. The van der Waals surface area contributed by atoms with Crippen molar-refractivity contribution in [2.75, 3.05) is 5.73 Å². The first-order valence-corrected chi connectivity index (χ1v) is 5.89. The normalized spacial score (nSPS) is 17.1. The van der Waals surface area contributed by atoms with Gasteiger partial charge in [0.1, 0.15) is 0 Å². The molecule has 0 amide bonds. The van der Waals surface area contributed by atoms with E-state index in [0.717, 1.165) is 25.7 Å². The molecule has 0 bridgehead atoms. The highest BCUT2D eigenvalue weighted by atomic mass is 35.5. The molecule has 19 heavy (non-hydrogen) atoms. The second-order valence-electron chi connectivity index (χ2n) is 4.58. The van der Waals surface area contributed by atoms with Crippen LogP contribution < -0.4 is 11.5 Å². The Hall–Kier alpha value is -1.73. The van der Waals surface area contributed by atoms with Crippen LogP contribution in [0.2, 0.25) is 0 Å². The third kappa shape index (κ3) is 2.39. The smallest absolute Gasteiger partial charge is 0.280 e. The van der Waals surface area contributed by atoms with Gasteiger partial charge in [0.25, 0.3) is 5.89 Å². The van der Waals surface area contributed by atoms with Crippen molar-refractivity contribution in [2.24, 2.45) is 5.73 Å². The van der Waals surface area contributed by atoms with Gasteiger partial charge in [-0.2, -0.15) is 4.98 Å². The molecule has 0 aliphatic heterocycles. The van der Waals surface area contributed by atoms with Crippen LogP contribution in [0, 0.1) is 0 Å². The lowest BCUT2D eigenvalue weighted by molar-refractivity contribution is 0.372. The van der Waals surface area contributed by atoms with Crippen molar-refractivity contribution < 1.29 is 4.52 Å². The van der Waals surface area contributed by atoms with Gasteiger partial charge in [0, 0.05) is 12.4 Å². The van der Waals surface area contributed by atoms with Crippen molar-refractivity contribution in [3.63, 3.8) is 0 Å². The van der Waals surface area contributed by atoms with Gasteiger partial charge in [-0.1, -0.05) is 18.0 Å². The third-order valence-corrected chi connectivity index (χ3v) is 3.30. The summed E-state index contributed by atoms with van der Waals surface area (Å²) in [4.78, 5) is 12.3. The zero-order valence-electron chi connectivity index (χ0n) is 10.2. The molecule has 1 aliphatic carbocycles. The van der Waals surface area contributed by atoms with Gasteiger partial charge >= 0.3 is 0 Å². The lowest BCUT2D eigenvalue weighted by Crippen LogP contribution is -2.34. The Balaban J connectivity index is 0.00000133. The maximum Gasteiger partial charge on any atom is 0.280 e. The fourth-order valence-corrected chi connectivity index (χ4v) is 2.26. The molecule has 1 fully saturated rings. The van der Waals surface area contributed by atoms with Gasteiger partial charge in [0.15, 0.2) is 17.3 Å². The van der Waals surface area contributed by atoms with Crippen LogP contribution in [0.25, 0.3) is 11.6 Å². The molecule has 0 spiro atoms. The molecule has 1 aliphatic rings. The molecule has 3 rings (SSSR count). The Morgan fingerprint density at radius 2 is 1.84 bits per heavy atom. The van der Waals surface area contributed by atoms with E-state index in [0.29, 0.717) is 11.5 Å². The van der Waals surface area contributed by atoms with Crippen LogP contribution >= 0.6 is 12.4 Å². The Kier molecular flexibility index (Phi) is 3.68. The number of anilines is 1. The highest BCUT2D eigenvalue weighted by Gasteiger charge is 2.36. The fraction of sp³-hybridized carbons (Fsp3) is 0.455. The Bertz CT molecular complexity index is 566. The van der Waals surface area contributed by atoms with Crippen molar-refractivity contribution in [2.45, 2.75) is 31.2 Å². The van der Waals surface area contributed by atoms with Crippen LogP contribution in [0.3, 0.4) is 0 Å². The predicted octanol–water partition coefficient (Wildman–Crippen LogP) is 1.26. The molecule has 0 aromatic carbocycles. The average Bonchev–Trinajstić information content (AvgIpc) is 2.99. The minimum atomic E-state index is -0.473. The topological polar surface area (TPSA) is 117 Å². The molecule has 2 heterocycles. The molecular weight excluding hydrogens is 268 g/mol. The predicted molar refractivity (Wildman–Crippen MR) is 71.3 cm³/mol. The largest absolute Gasteiger partial charge is 0.382 e. The summed E-state index contributed by atoms with van der Waals surface area (Å²) in [5.41, 5.74) is 11.9. The maximum absolute atomic E-state index is 6.26. The van der Waals surface area contributed by atoms with Gasteiger partial charge in [0.2, 0.25) is 0 Å². The number of hydrogen-bond acceptors (Lipinski definition) is 7. The van der Waals surface area contributed by atoms with E-state index >= 15 is 0 Å². The van der Waals surface area contributed by atoms with E-state index in [1.54, 1.807) is 0 Å². The van der Waals surface area contributed by atoms with Gasteiger partial charge in [-0.05, 0) is 12.8 Å². The third-order valence-electron chi connectivity index (χ3n) is 3.30. The fourth-order valence-electron chi connectivity index (χ4n) is 2.26. The average molecular weight is 283 g/mol. The first-order chi connectivity index (χ1) is 8.69. The number of rotatable bonds is 2. The number of aromatic nitrogens is 4. The summed E-state index contributed by atoms with van der Waals surface area (Å²) in [6.07, 6.45) is 6.98. The van der Waals surface area contributed by atoms with Crippen LogP contribution in [0.4, 0.5) is 5.82 Å². The highest BCUT2D eigenvalue weighted by molar-refractivity contribution is 5.85. The van der Waals surface area contributed by atoms with Crippen LogP contribution in [0.1, 0.15) is 31.5 Å². The SMILES string of the molecule is Cl.Nc1nccnc1-c1nc(C2(N)CCCC2)no1. The van der Waals surface area contributed by atoms with E-state index in [9.17, 15) is 0 Å². The molecule has 0 unspecified atom stereocenters. The Morgan fingerprint density at radius 1 is 1.16 bits per heavy atom. The van der Waals surface area contributed by atoms with Gasteiger partial charge in [0.05, 0.1) is 5.54 Å². The number of hydrogen-bond donors (Lipinski definition) is 2. The van der Waals surface area contributed by atoms with E-state index < -0.39 is 5.54 Å². The lowest BCUT2D eigenvalue weighted by Gasteiger charge is -2.17. The van der Waals surface area contributed by atoms with Crippen LogP contribution in [-0.4, -0.2) is 20.1 Å². The van der Waals surface area contributed by atoms with Crippen molar-refractivity contribution in [3.8, 4) is 11.6 Å². The van der Waals surface area contributed by atoms with Crippen LogP contribution in [0.5, 0.6) is 0 Å². The summed E-state index contributed by atoms with van der Waals surface area (Å²) in [6, 6.07) is 0. The Morgan fingerprint density at radius 3 is 2.53 bits per heavy atom. The number of nitrogen functional groups attached to an aromatic ring is 1. The van der Waals surface area contributed by atoms with E-state index in [1.165, 1.54) is 12.4 Å². The van der Waals surface area contributed by atoms with Gasteiger partial charge in [-0.25, -0.2) is 9.97 Å². The second-order valence-corrected chi connectivity index (χ2v) is 4.58. The molecule has 0 atom stereocenters. The summed E-state index contributed by atoms with van der Waals surface area (Å²) in [7, 11) is 0. The lowest BCUT2D eigenvalue weighted by atomic mass is 9.99. The minimum absolute atomic E-state index is 0. The van der Waals surface area contributed by atoms with E-state index in [1.807, 2.05) is 0 Å². The van der Waals surface area contributed by atoms with Crippen molar-refractivity contribution in [1.29, 1.82) is 0 Å². The Labute approximate surface area is 116 Å². The summed E-state index contributed by atoms with van der Waals surface area (Å²) in [5.74, 6) is 1.07. The molecule has 0 radical (unpaired) electrons. The second kappa shape index (κ2) is 5.10. The first kappa shape index (κ1) is 13.7. The van der Waals surface area contributed by atoms with Gasteiger partial charge in [-0.3, -0.25) is 0 Å². The zero-order valence-corrected chi connectivity index (χ0v) is 11.1. The quantitative estimate of drug-likeness (QED) is 0.851. The van der Waals surface area contributed by atoms with E-state index in [2.05, 4.69) is 20.1 Å². The summed E-state index contributed by atoms with van der Waals surface area (Å²) >= 11 is 0. The summed E-state index contributed by atoms with van der Waals surface area (Å²) < 4.78 is 5.19. The number of halogens is 1. The molecule has 4 N–H and O–H groups in total. The van der Waals surface area contributed by atoms with Crippen LogP contribution in [-0.2, 0) is 5.54 Å². The van der Waals surface area contributed by atoms with Crippen molar-refractivity contribution >= 4 is 18.2 Å². The molecular formula is C11H15ClN6O.